The van der Waals surface area contributed by atoms with Gasteiger partial charge in [0.25, 0.3) is 0 Å². The maximum absolute atomic E-state index is 7.00. The van der Waals surface area contributed by atoms with Gasteiger partial charge < -0.3 is 10.5 Å². The average Bonchev–Trinajstić information content (AvgIpc) is 1.91. The van der Waals surface area contributed by atoms with Gasteiger partial charge in [0.2, 0.25) is 0 Å². The minimum Gasteiger partial charge on any atom is -0.400 e. The summed E-state index contributed by atoms with van der Waals surface area (Å²) in [4.78, 5) is 0. The van der Waals surface area contributed by atoms with Crippen molar-refractivity contribution >= 4 is 17.3 Å². The van der Waals surface area contributed by atoms with E-state index in [2.05, 4.69) is 6.58 Å². The van der Waals surface area contributed by atoms with E-state index in [1.807, 2.05) is 0 Å². The van der Waals surface area contributed by atoms with Gasteiger partial charge in [-0.15, -0.1) is 11.6 Å². The van der Waals surface area contributed by atoms with E-state index in [1.165, 1.54) is 6.08 Å². The van der Waals surface area contributed by atoms with Crippen molar-refractivity contribution in [3.8, 4) is 0 Å². The van der Waals surface area contributed by atoms with Gasteiger partial charge in [-0.05, 0) is 6.08 Å². The third-order valence-corrected chi connectivity index (χ3v) is 0.678. The van der Waals surface area contributed by atoms with Crippen molar-refractivity contribution in [3.63, 3.8) is 0 Å². The smallest absolute Gasteiger partial charge is 0.0639 e. The number of hydrogen-bond acceptors (Lipinski definition) is 2. The van der Waals surface area contributed by atoms with Crippen molar-refractivity contribution in [1.82, 2.24) is 0 Å². The highest BCUT2D eigenvalue weighted by molar-refractivity contribution is 6.29. The molecular formula is C5H10ClNO. The van der Waals surface area contributed by atoms with E-state index in [9.17, 15) is 0 Å². The van der Waals surface area contributed by atoms with Crippen LogP contribution in [-0.2, 0) is 0 Å². The molecule has 0 saturated carbocycles. The minimum absolute atomic E-state index is 0.267. The summed E-state index contributed by atoms with van der Waals surface area (Å²) in [6.45, 7) is 3.32. The van der Waals surface area contributed by atoms with Crippen LogP contribution < -0.4 is 0 Å². The van der Waals surface area contributed by atoms with Gasteiger partial charge >= 0.3 is 0 Å². The van der Waals surface area contributed by atoms with Gasteiger partial charge in [0.15, 0.2) is 0 Å². The molecule has 0 saturated heterocycles. The third-order valence-electron chi connectivity index (χ3n) is 0.390. The minimum atomic E-state index is 0.267. The lowest BCUT2D eigenvalue weighted by Gasteiger charge is -1.78. The fourth-order valence-electron chi connectivity index (χ4n) is 0.0546. The molecule has 2 N–H and O–H groups in total. The van der Waals surface area contributed by atoms with Crippen LogP contribution in [0.3, 0.4) is 0 Å². The lowest BCUT2D eigenvalue weighted by Crippen LogP contribution is -1.87. The summed E-state index contributed by atoms with van der Waals surface area (Å²) in [7, 11) is 1.00. The Labute approximate surface area is 54.3 Å². The van der Waals surface area contributed by atoms with Crippen LogP contribution in [0.1, 0.15) is 0 Å². The van der Waals surface area contributed by atoms with Gasteiger partial charge in [-0.25, -0.2) is 0 Å². The van der Waals surface area contributed by atoms with Crippen LogP contribution in [0, 0.1) is 5.41 Å². The Kier molecular flexibility index (Phi) is 13.0. The van der Waals surface area contributed by atoms with E-state index in [0.717, 1.165) is 7.11 Å². The third kappa shape index (κ3) is 9.18. The van der Waals surface area contributed by atoms with Gasteiger partial charge in [0.05, 0.1) is 5.88 Å². The summed E-state index contributed by atoms with van der Waals surface area (Å²) < 4.78 is 0. The van der Waals surface area contributed by atoms with Gasteiger partial charge in [-0.1, -0.05) is 6.58 Å². The summed E-state index contributed by atoms with van der Waals surface area (Å²) in [5.41, 5.74) is 0.372. The average molecular weight is 136 g/mol. The molecule has 0 aliphatic heterocycles. The first-order chi connectivity index (χ1) is 3.81. The zero-order valence-electron chi connectivity index (χ0n) is 4.82. The van der Waals surface area contributed by atoms with E-state index in [-0.39, 0.29) is 5.88 Å². The Morgan fingerprint density at radius 3 is 2.25 bits per heavy atom. The molecule has 0 fully saturated rings. The first-order valence-electron chi connectivity index (χ1n) is 2.01. The summed E-state index contributed by atoms with van der Waals surface area (Å²) in [5, 5.41) is 13.7. The highest BCUT2D eigenvalue weighted by atomic mass is 35.5. The van der Waals surface area contributed by atoms with Crippen molar-refractivity contribution < 1.29 is 5.11 Å². The molecule has 2 nitrogen and oxygen atoms in total. The Balaban J connectivity index is 0. The fraction of sp³-hybridized carbons (Fsp3) is 0.400. The zero-order chi connectivity index (χ0) is 6.99. The van der Waals surface area contributed by atoms with Crippen LogP contribution in [-0.4, -0.2) is 23.8 Å². The maximum Gasteiger partial charge on any atom is 0.0639 e. The number of hydrogen-bond donors (Lipinski definition) is 2. The number of nitrogens with one attached hydrogen (secondary N) is 1. The van der Waals surface area contributed by atoms with Gasteiger partial charge in [0.1, 0.15) is 0 Å². The first-order valence-corrected chi connectivity index (χ1v) is 2.55. The molecule has 3 heteroatoms. The van der Waals surface area contributed by atoms with Crippen LogP contribution in [0.4, 0.5) is 0 Å². The molecular weight excluding hydrogens is 126 g/mol. The highest BCUT2D eigenvalue weighted by Crippen LogP contribution is 1.76. The molecule has 0 aromatic rings. The highest BCUT2D eigenvalue weighted by Gasteiger charge is 1.78. The second kappa shape index (κ2) is 9.83. The Morgan fingerprint density at radius 2 is 2.25 bits per heavy atom. The van der Waals surface area contributed by atoms with Crippen LogP contribution in [0.2, 0.25) is 0 Å². The van der Waals surface area contributed by atoms with Crippen LogP contribution in [0.5, 0.6) is 0 Å². The number of halogens is 1. The summed E-state index contributed by atoms with van der Waals surface area (Å²) in [6.07, 6.45) is 1.42. The number of alkyl halides is 1. The lowest BCUT2D eigenvalue weighted by molar-refractivity contribution is 0.399. The topological polar surface area (TPSA) is 44.1 Å². The van der Waals surface area contributed by atoms with E-state index in [1.54, 1.807) is 0 Å². The molecule has 0 heterocycles. The van der Waals surface area contributed by atoms with Gasteiger partial charge in [0, 0.05) is 12.8 Å². The monoisotopic (exact) mass is 135 g/mol. The predicted molar refractivity (Wildman–Crippen MR) is 36.8 cm³/mol. The number of aliphatic hydroxyl groups excluding tert-OH is 1. The molecule has 0 amide bonds. The number of rotatable bonds is 2. The molecule has 0 rings (SSSR count). The summed E-state index contributed by atoms with van der Waals surface area (Å²) >= 11 is 5.16. The molecule has 0 aromatic heterocycles. The SMILES string of the molecule is C=CC(=N)CCl.CO. The van der Waals surface area contributed by atoms with E-state index in [0.29, 0.717) is 5.71 Å². The summed E-state index contributed by atoms with van der Waals surface area (Å²) in [6, 6.07) is 0. The van der Waals surface area contributed by atoms with Gasteiger partial charge in [-0.3, -0.25) is 0 Å². The van der Waals surface area contributed by atoms with E-state index >= 15 is 0 Å². The van der Waals surface area contributed by atoms with Crippen molar-refractivity contribution in [3.05, 3.63) is 12.7 Å². The molecule has 0 bridgehead atoms. The quantitative estimate of drug-likeness (QED) is 0.431. The van der Waals surface area contributed by atoms with Crippen molar-refractivity contribution in [2.24, 2.45) is 0 Å². The number of aliphatic hydroxyl groups is 1. The molecule has 0 radical (unpaired) electrons. The van der Waals surface area contributed by atoms with Crippen LogP contribution in [0.25, 0.3) is 0 Å². The standard InChI is InChI=1S/C4H6ClN.CH4O/c1-2-4(6)3-5;1-2/h2,6H,1,3H2;2H,1H3. The van der Waals surface area contributed by atoms with Crippen LogP contribution >= 0.6 is 11.6 Å². The van der Waals surface area contributed by atoms with Crippen LogP contribution in [0.15, 0.2) is 12.7 Å². The molecule has 0 aromatic carbocycles. The number of allylic oxidation sites excluding steroid dienone is 1. The Morgan fingerprint density at radius 1 is 1.88 bits per heavy atom. The summed E-state index contributed by atoms with van der Waals surface area (Å²) in [5.74, 6) is 0.267. The van der Waals surface area contributed by atoms with Crippen molar-refractivity contribution in [1.29, 1.82) is 5.41 Å². The molecule has 48 valence electrons. The lowest BCUT2D eigenvalue weighted by atomic mass is 10.4. The molecule has 0 spiro atoms. The van der Waals surface area contributed by atoms with Crippen molar-refractivity contribution in [2.75, 3.05) is 13.0 Å². The predicted octanol–water partition coefficient (Wildman–Crippen LogP) is 1.04. The molecule has 8 heavy (non-hydrogen) atoms. The largest absolute Gasteiger partial charge is 0.400 e. The molecule has 0 aliphatic rings. The second-order valence-electron chi connectivity index (χ2n) is 0.863. The van der Waals surface area contributed by atoms with Crippen molar-refractivity contribution in [2.45, 2.75) is 0 Å². The van der Waals surface area contributed by atoms with E-state index < -0.39 is 0 Å². The molecule has 0 aliphatic carbocycles. The maximum atomic E-state index is 7.00. The van der Waals surface area contributed by atoms with Gasteiger partial charge in [-0.2, -0.15) is 0 Å². The second-order valence-corrected chi connectivity index (χ2v) is 1.13. The Hall–Kier alpha value is -0.340. The zero-order valence-corrected chi connectivity index (χ0v) is 5.57. The van der Waals surface area contributed by atoms with E-state index in [4.69, 9.17) is 22.1 Å². The normalized spacial score (nSPS) is 6.38. The Bertz CT molecular complexity index is 72.8. The first kappa shape index (κ1) is 10.6. The molecule has 0 unspecified atom stereocenters. The molecule has 0 atom stereocenters. The fourth-order valence-corrected chi connectivity index (χ4v) is 0.164.